The third-order valence-electron chi connectivity index (χ3n) is 14.6. The molecule has 8 aromatic rings. The minimum Gasteiger partial charge on any atom is -0.311 e. The van der Waals surface area contributed by atoms with Gasteiger partial charge < -0.3 is 9.80 Å². The maximum absolute atomic E-state index is 2.67. The van der Waals surface area contributed by atoms with Gasteiger partial charge >= 0.3 is 0 Å². The summed E-state index contributed by atoms with van der Waals surface area (Å²) in [6, 6.07) is 59.0. The second-order valence-electron chi connectivity index (χ2n) is 20.8. The van der Waals surface area contributed by atoms with Gasteiger partial charge in [-0.2, -0.15) is 0 Å². The number of aryl methyl sites for hydroxylation is 1. The van der Waals surface area contributed by atoms with Crippen molar-refractivity contribution in [1.29, 1.82) is 0 Å². The van der Waals surface area contributed by atoms with Gasteiger partial charge in [0.15, 0.2) is 0 Å². The molecule has 12 rings (SSSR count). The Morgan fingerprint density at radius 2 is 1.10 bits per heavy atom. The van der Waals surface area contributed by atoms with Crippen LogP contribution in [0.2, 0.25) is 0 Å². The first kappa shape index (κ1) is 38.6. The van der Waals surface area contributed by atoms with Crippen molar-refractivity contribution in [2.45, 2.75) is 84.5 Å². The maximum atomic E-state index is 2.67. The summed E-state index contributed by atoms with van der Waals surface area (Å²) < 4.78 is 1.42. The lowest BCUT2D eigenvalue weighted by molar-refractivity contribution is 0.588. The number of hydrogen-bond acceptors (Lipinski definition) is 3. The first-order valence-corrected chi connectivity index (χ1v) is 23.6. The van der Waals surface area contributed by atoms with Gasteiger partial charge in [0.05, 0.1) is 11.1 Å². The smallest absolute Gasteiger partial charge is 0.264 e. The molecule has 63 heavy (non-hydrogen) atoms. The van der Waals surface area contributed by atoms with Gasteiger partial charge in [-0.1, -0.05) is 165 Å². The van der Waals surface area contributed by atoms with Crippen LogP contribution < -0.4 is 25.5 Å². The van der Waals surface area contributed by atoms with Crippen molar-refractivity contribution in [2.24, 2.45) is 0 Å². The van der Waals surface area contributed by atoms with E-state index in [9.17, 15) is 0 Å². The number of hydrogen-bond donors (Lipinski definition) is 0. The van der Waals surface area contributed by atoms with Crippen molar-refractivity contribution in [3.8, 4) is 22.3 Å². The standard InChI is InChI=1S/C59H53BN2S/c1-35(2)37-22-27-40(28-23-37)61-49-21-15-14-20-48(49)60-53-50(61)32-36(3)33-51(53)62(41-29-24-38(25-30-41)57(4,5)6)54-52-44-31-26-39(58(7,8)9)34-47(44)59(55(52)63-56(54)60)45-18-12-10-16-42(45)43-17-11-13-19-46(43)59/h10-35H,1-9H3. The van der Waals surface area contributed by atoms with E-state index in [2.05, 4.69) is 235 Å². The lowest BCUT2D eigenvalue weighted by atomic mass is 9.36. The molecule has 0 atom stereocenters. The van der Waals surface area contributed by atoms with Gasteiger partial charge in [-0.25, -0.2) is 0 Å². The van der Waals surface area contributed by atoms with E-state index in [0.717, 1.165) is 0 Å². The molecule has 4 aliphatic rings. The SMILES string of the molecule is Cc1cc2c3c(c1)N(c1ccc(C(C)(C)C)cc1)c1c(sc4c1-c1ccc(C(C)(C)C)cc1C41c4ccccc4-c4ccccc41)B3c1ccccc1N2c1ccc(C(C)C)cc1. The van der Waals surface area contributed by atoms with Gasteiger partial charge in [0, 0.05) is 43.7 Å². The van der Waals surface area contributed by atoms with Crippen molar-refractivity contribution < 1.29 is 0 Å². The van der Waals surface area contributed by atoms with Gasteiger partial charge in [-0.05, 0) is 133 Å². The van der Waals surface area contributed by atoms with Crippen molar-refractivity contribution in [1.82, 2.24) is 0 Å². The molecule has 0 saturated heterocycles. The van der Waals surface area contributed by atoms with Crippen LogP contribution in [-0.4, -0.2) is 6.71 Å². The molecule has 2 aliphatic carbocycles. The average molecular weight is 833 g/mol. The van der Waals surface area contributed by atoms with Crippen molar-refractivity contribution >= 4 is 67.9 Å². The van der Waals surface area contributed by atoms with Crippen LogP contribution in [0.1, 0.15) is 105 Å². The second kappa shape index (κ2) is 13.2. The molecule has 0 radical (unpaired) electrons. The van der Waals surface area contributed by atoms with Crippen LogP contribution in [-0.2, 0) is 16.2 Å². The zero-order chi connectivity index (χ0) is 43.3. The van der Waals surface area contributed by atoms with Crippen molar-refractivity contribution in [3.05, 3.63) is 195 Å². The highest BCUT2D eigenvalue weighted by Crippen LogP contribution is 2.67. The van der Waals surface area contributed by atoms with E-state index in [4.69, 9.17) is 0 Å². The largest absolute Gasteiger partial charge is 0.311 e. The minimum atomic E-state index is -0.452. The number of rotatable bonds is 3. The van der Waals surface area contributed by atoms with Gasteiger partial charge in [0.1, 0.15) is 0 Å². The number of para-hydroxylation sites is 1. The van der Waals surface area contributed by atoms with Gasteiger partial charge in [-0.15, -0.1) is 11.3 Å². The molecule has 0 bridgehead atoms. The molecule has 7 aromatic carbocycles. The zero-order valence-electron chi connectivity index (χ0n) is 37.9. The molecule has 0 N–H and O–H groups in total. The quantitative estimate of drug-likeness (QED) is 0.164. The normalized spacial score (nSPS) is 14.9. The molecule has 1 spiro atoms. The Balaban J connectivity index is 1.22. The van der Waals surface area contributed by atoms with Crippen molar-refractivity contribution in [3.63, 3.8) is 0 Å². The molecule has 2 nitrogen and oxygen atoms in total. The minimum absolute atomic E-state index is 0.0101. The van der Waals surface area contributed by atoms with Crippen LogP contribution in [0.25, 0.3) is 22.3 Å². The molecular weight excluding hydrogens is 780 g/mol. The van der Waals surface area contributed by atoms with Crippen LogP contribution in [0.3, 0.4) is 0 Å². The fourth-order valence-electron chi connectivity index (χ4n) is 11.5. The van der Waals surface area contributed by atoms with Gasteiger partial charge in [0.25, 0.3) is 6.71 Å². The van der Waals surface area contributed by atoms with Gasteiger partial charge in [0.2, 0.25) is 0 Å². The fraction of sp³-hybridized carbons (Fsp3) is 0.220. The third-order valence-corrected chi connectivity index (χ3v) is 16.0. The molecule has 4 heteroatoms. The molecular formula is C59H53BN2S. The average Bonchev–Trinajstić information content (AvgIpc) is 3.89. The lowest BCUT2D eigenvalue weighted by Crippen LogP contribution is -2.60. The van der Waals surface area contributed by atoms with E-state index >= 15 is 0 Å². The Hall–Kier alpha value is -6.10. The van der Waals surface area contributed by atoms with Crippen LogP contribution in [0, 0.1) is 6.92 Å². The van der Waals surface area contributed by atoms with Gasteiger partial charge in [-0.3, -0.25) is 0 Å². The molecule has 0 unspecified atom stereocenters. The summed E-state index contributed by atoms with van der Waals surface area (Å²) in [5.74, 6) is 0.466. The first-order chi connectivity index (χ1) is 30.3. The summed E-state index contributed by atoms with van der Waals surface area (Å²) in [7, 11) is 0. The fourth-order valence-corrected chi connectivity index (χ4v) is 13.2. The summed E-state index contributed by atoms with van der Waals surface area (Å²) in [4.78, 5) is 6.65. The summed E-state index contributed by atoms with van der Waals surface area (Å²) in [6.45, 7) is 20.9. The predicted octanol–water partition coefficient (Wildman–Crippen LogP) is 14.2. The number of anilines is 6. The highest BCUT2D eigenvalue weighted by atomic mass is 32.1. The monoisotopic (exact) mass is 832 g/mol. The summed E-state index contributed by atoms with van der Waals surface area (Å²) in [6.07, 6.45) is 0. The lowest BCUT2D eigenvalue weighted by Gasteiger charge is -2.43. The summed E-state index contributed by atoms with van der Waals surface area (Å²) in [5, 5.41) is 0. The van der Waals surface area contributed by atoms with E-state index in [-0.39, 0.29) is 17.5 Å². The van der Waals surface area contributed by atoms with Crippen molar-refractivity contribution in [2.75, 3.05) is 9.80 Å². The molecule has 308 valence electrons. The second-order valence-corrected chi connectivity index (χ2v) is 21.8. The zero-order valence-corrected chi connectivity index (χ0v) is 38.7. The molecule has 1 aromatic heterocycles. The van der Waals surface area contributed by atoms with E-state index < -0.39 is 5.41 Å². The Labute approximate surface area is 378 Å². The molecule has 3 heterocycles. The Kier molecular flexibility index (Phi) is 8.09. The maximum Gasteiger partial charge on any atom is 0.264 e. The molecule has 0 saturated carbocycles. The number of fused-ring (bicyclic) bond motifs is 15. The Morgan fingerprint density at radius 3 is 1.73 bits per heavy atom. The highest BCUT2D eigenvalue weighted by molar-refractivity contribution is 7.30. The number of benzene rings is 7. The Morgan fingerprint density at radius 1 is 0.540 bits per heavy atom. The first-order valence-electron chi connectivity index (χ1n) is 22.8. The number of nitrogens with zero attached hydrogens (tertiary/aromatic N) is 2. The molecule has 0 amide bonds. The van der Waals surface area contributed by atoms with Crippen LogP contribution in [0.5, 0.6) is 0 Å². The van der Waals surface area contributed by atoms with Crippen LogP contribution in [0.15, 0.2) is 152 Å². The van der Waals surface area contributed by atoms with E-state index in [0.29, 0.717) is 5.92 Å². The molecule has 0 fully saturated rings. The van der Waals surface area contributed by atoms with E-state index in [1.807, 2.05) is 0 Å². The van der Waals surface area contributed by atoms with Crippen LogP contribution >= 0.6 is 11.3 Å². The highest BCUT2D eigenvalue weighted by Gasteiger charge is 2.57. The van der Waals surface area contributed by atoms with E-state index in [1.165, 1.54) is 116 Å². The predicted molar refractivity (Wildman–Crippen MR) is 271 cm³/mol. The summed E-state index contributed by atoms with van der Waals surface area (Å²) in [5.41, 5.74) is 24.8. The topological polar surface area (TPSA) is 6.48 Å². The summed E-state index contributed by atoms with van der Waals surface area (Å²) >= 11 is 2.07. The molecule has 2 aliphatic heterocycles. The number of thiophene rings is 1. The van der Waals surface area contributed by atoms with Crippen LogP contribution in [0.4, 0.5) is 34.1 Å². The third kappa shape index (κ3) is 5.25. The Bertz CT molecular complexity index is 3150. The van der Waals surface area contributed by atoms with E-state index in [1.54, 1.807) is 0 Å².